The van der Waals surface area contributed by atoms with Gasteiger partial charge in [-0.25, -0.2) is 0 Å². The molecular weight excluding hydrogens is 198 g/mol. The molecule has 1 aliphatic heterocycles. The molecule has 1 saturated heterocycles. The second-order valence-electron chi connectivity index (χ2n) is 4.15. The fraction of sp³-hybridized carbons (Fsp3) is 0.909. The third kappa shape index (κ3) is 3.16. The van der Waals surface area contributed by atoms with Crippen molar-refractivity contribution >= 4 is 17.5 Å². The smallest absolute Gasteiger partial charge is 0.222 e. The van der Waals surface area contributed by atoms with Crippen LogP contribution < -0.4 is 0 Å². The summed E-state index contributed by atoms with van der Waals surface area (Å²) in [5, 5.41) is 0.249. The first-order valence-electron chi connectivity index (χ1n) is 5.57. The molecule has 2 nitrogen and oxygen atoms in total. The maximum absolute atomic E-state index is 11.6. The lowest BCUT2D eigenvalue weighted by Gasteiger charge is -2.33. The molecule has 0 aromatic heterocycles. The Bertz CT molecular complexity index is 186. The average Bonchev–Trinajstić information content (AvgIpc) is 2.18. The minimum Gasteiger partial charge on any atom is -0.343 e. The molecule has 1 rings (SSSR count). The number of likely N-dealkylation sites (tertiary alicyclic amines) is 1. The van der Waals surface area contributed by atoms with Crippen molar-refractivity contribution in [1.82, 2.24) is 4.90 Å². The van der Waals surface area contributed by atoms with E-state index in [1.54, 1.807) is 0 Å². The molecule has 3 heteroatoms. The van der Waals surface area contributed by atoms with Crippen LogP contribution in [-0.2, 0) is 4.79 Å². The van der Waals surface area contributed by atoms with Gasteiger partial charge in [-0.15, -0.1) is 11.6 Å². The summed E-state index contributed by atoms with van der Waals surface area (Å²) in [6.07, 6.45) is 3.78. The van der Waals surface area contributed by atoms with Gasteiger partial charge in [0.2, 0.25) is 5.91 Å². The van der Waals surface area contributed by atoms with Crippen LogP contribution in [0.1, 0.15) is 39.5 Å². The van der Waals surface area contributed by atoms with E-state index in [0.717, 1.165) is 32.4 Å². The maximum atomic E-state index is 11.6. The molecule has 0 aromatic rings. The van der Waals surface area contributed by atoms with Crippen LogP contribution in [-0.4, -0.2) is 29.3 Å². The van der Waals surface area contributed by atoms with Gasteiger partial charge in [-0.1, -0.05) is 6.92 Å². The zero-order valence-electron chi connectivity index (χ0n) is 9.13. The van der Waals surface area contributed by atoms with Crippen LogP contribution in [0.2, 0.25) is 0 Å². The van der Waals surface area contributed by atoms with Crippen LogP contribution in [0.25, 0.3) is 0 Å². The minimum absolute atomic E-state index is 0.249. The number of nitrogens with zero attached hydrogens (tertiary/aromatic N) is 1. The zero-order valence-corrected chi connectivity index (χ0v) is 9.89. The Morgan fingerprint density at radius 2 is 2.07 bits per heavy atom. The second kappa shape index (κ2) is 5.59. The Labute approximate surface area is 91.6 Å². The van der Waals surface area contributed by atoms with E-state index in [4.69, 9.17) is 11.6 Å². The van der Waals surface area contributed by atoms with Crippen LogP contribution in [0.4, 0.5) is 0 Å². The summed E-state index contributed by atoms with van der Waals surface area (Å²) in [5.41, 5.74) is 0. The van der Waals surface area contributed by atoms with Gasteiger partial charge in [0.1, 0.15) is 0 Å². The van der Waals surface area contributed by atoms with Crippen LogP contribution in [0.3, 0.4) is 0 Å². The van der Waals surface area contributed by atoms with Gasteiger partial charge in [0.15, 0.2) is 0 Å². The van der Waals surface area contributed by atoms with E-state index in [2.05, 4.69) is 6.92 Å². The van der Waals surface area contributed by atoms with Crippen molar-refractivity contribution in [2.45, 2.75) is 44.9 Å². The van der Waals surface area contributed by atoms with E-state index >= 15 is 0 Å². The van der Waals surface area contributed by atoms with E-state index in [-0.39, 0.29) is 5.38 Å². The van der Waals surface area contributed by atoms with Gasteiger partial charge in [0.05, 0.1) is 0 Å². The maximum Gasteiger partial charge on any atom is 0.222 e. The number of carbonyl (C=O) groups excluding carboxylic acids is 1. The molecule has 0 radical (unpaired) electrons. The molecule has 1 aliphatic rings. The average molecular weight is 218 g/mol. The molecular formula is C11H20ClNO. The number of carbonyl (C=O) groups is 1. The lowest BCUT2D eigenvalue weighted by atomic mass is 9.94. The van der Waals surface area contributed by atoms with Gasteiger partial charge in [-0.3, -0.25) is 4.79 Å². The molecule has 0 N–H and O–H groups in total. The Morgan fingerprint density at radius 3 is 2.50 bits per heavy atom. The normalized spacial score (nSPS) is 20.9. The quantitative estimate of drug-likeness (QED) is 0.666. The first-order chi connectivity index (χ1) is 6.65. The summed E-state index contributed by atoms with van der Waals surface area (Å²) in [5.74, 6) is 0.913. The molecule has 1 fully saturated rings. The van der Waals surface area contributed by atoms with Crippen molar-refractivity contribution in [3.05, 3.63) is 0 Å². The molecule has 0 bridgehead atoms. The number of alkyl halides is 1. The molecule has 1 heterocycles. The Hall–Kier alpha value is -0.240. The van der Waals surface area contributed by atoms with Crippen LogP contribution in [0.5, 0.6) is 0 Å². The Kier molecular flexibility index (Phi) is 4.73. The SMILES string of the molecule is CCCC(=O)N1CCC(C(C)Cl)CC1. The number of hydrogen-bond acceptors (Lipinski definition) is 1. The zero-order chi connectivity index (χ0) is 10.6. The fourth-order valence-corrected chi connectivity index (χ4v) is 2.23. The largest absolute Gasteiger partial charge is 0.343 e. The van der Waals surface area contributed by atoms with Gasteiger partial charge in [-0.05, 0) is 32.1 Å². The van der Waals surface area contributed by atoms with E-state index in [1.165, 1.54) is 0 Å². The van der Waals surface area contributed by atoms with Crippen molar-refractivity contribution < 1.29 is 4.79 Å². The predicted octanol–water partition coefficient (Wildman–Crippen LogP) is 2.65. The molecule has 1 amide bonds. The first kappa shape index (κ1) is 11.8. The number of hydrogen-bond donors (Lipinski definition) is 0. The lowest BCUT2D eigenvalue weighted by molar-refractivity contribution is -0.132. The van der Waals surface area contributed by atoms with E-state index < -0.39 is 0 Å². The number of rotatable bonds is 3. The van der Waals surface area contributed by atoms with Crippen molar-refractivity contribution in [3.63, 3.8) is 0 Å². The minimum atomic E-state index is 0.249. The van der Waals surface area contributed by atoms with E-state index in [9.17, 15) is 4.79 Å². The highest BCUT2D eigenvalue weighted by Crippen LogP contribution is 2.24. The predicted molar refractivity (Wildman–Crippen MR) is 59.5 cm³/mol. The Morgan fingerprint density at radius 1 is 1.50 bits per heavy atom. The van der Waals surface area contributed by atoms with Gasteiger partial charge in [0, 0.05) is 24.9 Å². The molecule has 14 heavy (non-hydrogen) atoms. The van der Waals surface area contributed by atoms with Crippen molar-refractivity contribution in [2.24, 2.45) is 5.92 Å². The van der Waals surface area contributed by atoms with Crippen molar-refractivity contribution in [1.29, 1.82) is 0 Å². The van der Waals surface area contributed by atoms with Crippen LogP contribution >= 0.6 is 11.6 Å². The molecule has 1 atom stereocenters. The molecule has 0 saturated carbocycles. The van der Waals surface area contributed by atoms with Crippen LogP contribution in [0.15, 0.2) is 0 Å². The highest BCUT2D eigenvalue weighted by molar-refractivity contribution is 6.20. The van der Waals surface area contributed by atoms with Gasteiger partial charge >= 0.3 is 0 Å². The van der Waals surface area contributed by atoms with Crippen molar-refractivity contribution in [2.75, 3.05) is 13.1 Å². The van der Waals surface area contributed by atoms with Crippen molar-refractivity contribution in [3.8, 4) is 0 Å². The monoisotopic (exact) mass is 217 g/mol. The summed E-state index contributed by atoms with van der Waals surface area (Å²) in [6, 6.07) is 0. The van der Waals surface area contributed by atoms with Crippen LogP contribution in [0, 0.1) is 5.92 Å². The third-order valence-corrected chi connectivity index (χ3v) is 3.36. The topological polar surface area (TPSA) is 20.3 Å². The highest BCUT2D eigenvalue weighted by Gasteiger charge is 2.24. The summed E-state index contributed by atoms with van der Waals surface area (Å²) in [4.78, 5) is 13.6. The highest BCUT2D eigenvalue weighted by atomic mass is 35.5. The molecule has 1 unspecified atom stereocenters. The summed E-state index contributed by atoms with van der Waals surface area (Å²) >= 11 is 6.04. The third-order valence-electron chi connectivity index (χ3n) is 3.01. The summed E-state index contributed by atoms with van der Waals surface area (Å²) < 4.78 is 0. The lowest BCUT2D eigenvalue weighted by Crippen LogP contribution is -2.39. The number of piperidine rings is 1. The van der Waals surface area contributed by atoms with Gasteiger partial charge < -0.3 is 4.90 Å². The summed E-state index contributed by atoms with van der Waals surface area (Å²) in [7, 11) is 0. The number of amides is 1. The molecule has 0 aromatic carbocycles. The summed E-state index contributed by atoms with van der Waals surface area (Å²) in [6.45, 7) is 5.91. The fourth-order valence-electron chi connectivity index (χ4n) is 1.98. The molecule has 0 spiro atoms. The van der Waals surface area contributed by atoms with Gasteiger partial charge in [0.25, 0.3) is 0 Å². The first-order valence-corrected chi connectivity index (χ1v) is 6.00. The van der Waals surface area contributed by atoms with E-state index in [1.807, 2.05) is 11.8 Å². The van der Waals surface area contributed by atoms with E-state index in [0.29, 0.717) is 18.2 Å². The molecule has 0 aliphatic carbocycles. The van der Waals surface area contributed by atoms with Gasteiger partial charge in [-0.2, -0.15) is 0 Å². The Balaban J connectivity index is 2.31. The number of halogens is 1. The second-order valence-corrected chi connectivity index (χ2v) is 4.83. The molecule has 82 valence electrons. The standard InChI is InChI=1S/C11H20ClNO/c1-3-4-11(14)13-7-5-10(6-8-13)9(2)12/h9-10H,3-8H2,1-2H3.